The van der Waals surface area contributed by atoms with Crippen molar-refractivity contribution >= 4 is 0 Å². The summed E-state index contributed by atoms with van der Waals surface area (Å²) in [6.07, 6.45) is 4.14. The average Bonchev–Trinajstić information content (AvgIpc) is 3.31. The molecular weight excluding hydrogens is 256 g/mol. The fourth-order valence-electron chi connectivity index (χ4n) is 3.69. The van der Waals surface area contributed by atoms with Crippen LogP contribution in [0.25, 0.3) is 0 Å². The van der Waals surface area contributed by atoms with Crippen molar-refractivity contribution in [3.63, 3.8) is 0 Å². The summed E-state index contributed by atoms with van der Waals surface area (Å²) in [7, 11) is 0. The minimum Gasteiger partial charge on any atom is -0.311 e. The van der Waals surface area contributed by atoms with Gasteiger partial charge < -0.3 is 5.32 Å². The molecule has 1 aliphatic heterocycles. The maximum Gasteiger partial charge on any atom is 0.0253 e. The van der Waals surface area contributed by atoms with Crippen LogP contribution in [0.1, 0.15) is 44.2 Å². The van der Waals surface area contributed by atoms with E-state index in [-0.39, 0.29) is 0 Å². The largest absolute Gasteiger partial charge is 0.311 e. The molecule has 3 rings (SSSR count). The Bertz CT molecular complexity index is 466. The molecule has 1 saturated carbocycles. The van der Waals surface area contributed by atoms with E-state index in [1.807, 2.05) is 0 Å². The zero-order valence-corrected chi connectivity index (χ0v) is 13.8. The predicted octanol–water partition coefficient (Wildman–Crippen LogP) is 3.59. The lowest BCUT2D eigenvalue weighted by molar-refractivity contribution is 0.0891. The first-order chi connectivity index (χ1) is 10.2. The van der Waals surface area contributed by atoms with E-state index in [9.17, 15) is 0 Å². The number of benzene rings is 1. The third-order valence-electron chi connectivity index (χ3n) is 5.45. The van der Waals surface area contributed by atoms with Gasteiger partial charge in [-0.3, -0.25) is 4.90 Å². The zero-order chi connectivity index (χ0) is 14.8. The summed E-state index contributed by atoms with van der Waals surface area (Å²) in [4.78, 5) is 2.76. The molecule has 0 radical (unpaired) electrons. The predicted molar refractivity (Wildman–Crippen MR) is 89.3 cm³/mol. The lowest BCUT2D eigenvalue weighted by Gasteiger charge is -2.42. The van der Waals surface area contributed by atoms with Crippen molar-refractivity contribution in [3.05, 3.63) is 35.4 Å². The molecule has 0 amide bonds. The molecule has 3 atom stereocenters. The maximum atomic E-state index is 3.83. The van der Waals surface area contributed by atoms with Crippen molar-refractivity contribution < 1.29 is 0 Å². The van der Waals surface area contributed by atoms with Crippen LogP contribution in [0.15, 0.2) is 24.3 Å². The van der Waals surface area contributed by atoms with Gasteiger partial charge in [-0.15, -0.1) is 0 Å². The highest BCUT2D eigenvalue weighted by Gasteiger charge is 2.39. The first-order valence-corrected chi connectivity index (χ1v) is 8.70. The van der Waals surface area contributed by atoms with E-state index in [2.05, 4.69) is 55.3 Å². The van der Waals surface area contributed by atoms with Gasteiger partial charge in [-0.05, 0) is 37.2 Å². The van der Waals surface area contributed by atoms with Crippen LogP contribution in [-0.2, 0) is 6.54 Å². The Labute approximate surface area is 129 Å². The van der Waals surface area contributed by atoms with Gasteiger partial charge in [0, 0.05) is 31.7 Å². The van der Waals surface area contributed by atoms with Crippen molar-refractivity contribution in [1.29, 1.82) is 0 Å². The zero-order valence-electron chi connectivity index (χ0n) is 13.8. The number of nitrogens with zero attached hydrogens (tertiary/aromatic N) is 1. The highest BCUT2D eigenvalue weighted by molar-refractivity contribution is 5.22. The highest BCUT2D eigenvalue weighted by atomic mass is 15.2. The van der Waals surface area contributed by atoms with E-state index in [1.165, 1.54) is 43.5 Å². The van der Waals surface area contributed by atoms with Crippen LogP contribution < -0.4 is 5.32 Å². The van der Waals surface area contributed by atoms with Crippen LogP contribution in [0.4, 0.5) is 0 Å². The molecule has 2 aliphatic rings. The summed E-state index contributed by atoms with van der Waals surface area (Å²) >= 11 is 0. The molecule has 1 aliphatic carbocycles. The molecule has 0 spiro atoms. The summed E-state index contributed by atoms with van der Waals surface area (Å²) in [5, 5.41) is 3.83. The van der Waals surface area contributed by atoms with Crippen molar-refractivity contribution in [2.45, 2.75) is 58.7 Å². The van der Waals surface area contributed by atoms with Crippen LogP contribution in [0.3, 0.4) is 0 Å². The van der Waals surface area contributed by atoms with Gasteiger partial charge in [0.25, 0.3) is 0 Å². The third-order valence-corrected chi connectivity index (χ3v) is 5.45. The fraction of sp³-hybridized carbons (Fsp3) is 0.684. The van der Waals surface area contributed by atoms with Crippen LogP contribution in [-0.4, -0.2) is 30.1 Å². The first-order valence-electron chi connectivity index (χ1n) is 8.70. The molecule has 1 heterocycles. The lowest BCUT2D eigenvalue weighted by Crippen LogP contribution is -2.58. The number of piperazine rings is 1. The lowest BCUT2D eigenvalue weighted by atomic mass is 9.94. The minimum atomic E-state index is 0.662. The van der Waals surface area contributed by atoms with E-state index in [0.29, 0.717) is 6.04 Å². The second-order valence-electron chi connectivity index (χ2n) is 7.22. The van der Waals surface area contributed by atoms with Crippen LogP contribution >= 0.6 is 0 Å². The van der Waals surface area contributed by atoms with Crippen LogP contribution in [0.2, 0.25) is 0 Å². The van der Waals surface area contributed by atoms with E-state index in [4.69, 9.17) is 0 Å². The van der Waals surface area contributed by atoms with Crippen molar-refractivity contribution in [1.82, 2.24) is 10.2 Å². The summed E-state index contributed by atoms with van der Waals surface area (Å²) < 4.78 is 0. The van der Waals surface area contributed by atoms with Gasteiger partial charge in [0.1, 0.15) is 0 Å². The SMILES string of the molecule is CCC(C)C1CN(Cc2cccc(C)c2)C(C2CC2)CN1. The Morgan fingerprint density at radius 2 is 2.14 bits per heavy atom. The van der Waals surface area contributed by atoms with E-state index in [0.717, 1.165) is 24.4 Å². The Balaban J connectivity index is 1.71. The topological polar surface area (TPSA) is 15.3 Å². The quantitative estimate of drug-likeness (QED) is 0.890. The standard InChI is InChI=1S/C19H30N2/c1-4-15(3)18-13-21(19(11-20-18)17-8-9-17)12-16-7-5-6-14(2)10-16/h5-7,10,15,17-20H,4,8-9,11-13H2,1-3H3. The Kier molecular flexibility index (Phi) is 4.66. The van der Waals surface area contributed by atoms with Gasteiger partial charge in [0.15, 0.2) is 0 Å². The fourth-order valence-corrected chi connectivity index (χ4v) is 3.69. The molecular formula is C19H30N2. The molecule has 1 aromatic carbocycles. The highest BCUT2D eigenvalue weighted by Crippen LogP contribution is 2.37. The number of hydrogen-bond acceptors (Lipinski definition) is 2. The molecule has 2 nitrogen and oxygen atoms in total. The molecule has 2 fully saturated rings. The molecule has 116 valence electrons. The average molecular weight is 286 g/mol. The monoisotopic (exact) mass is 286 g/mol. The van der Waals surface area contributed by atoms with Crippen LogP contribution in [0.5, 0.6) is 0 Å². The summed E-state index contributed by atoms with van der Waals surface area (Å²) in [6, 6.07) is 10.5. The molecule has 1 aromatic rings. The van der Waals surface area contributed by atoms with Crippen molar-refractivity contribution in [2.24, 2.45) is 11.8 Å². The van der Waals surface area contributed by atoms with E-state index in [1.54, 1.807) is 0 Å². The van der Waals surface area contributed by atoms with E-state index >= 15 is 0 Å². The van der Waals surface area contributed by atoms with E-state index < -0.39 is 0 Å². The Morgan fingerprint density at radius 3 is 2.81 bits per heavy atom. The van der Waals surface area contributed by atoms with Gasteiger partial charge in [-0.2, -0.15) is 0 Å². The second kappa shape index (κ2) is 6.50. The number of hydrogen-bond donors (Lipinski definition) is 1. The molecule has 2 heteroatoms. The normalized spacial score (nSPS) is 28.5. The van der Waals surface area contributed by atoms with Gasteiger partial charge in [0.05, 0.1) is 0 Å². The molecule has 1 N–H and O–H groups in total. The first kappa shape index (κ1) is 15.1. The van der Waals surface area contributed by atoms with Gasteiger partial charge in [-0.25, -0.2) is 0 Å². The van der Waals surface area contributed by atoms with Gasteiger partial charge in [0.2, 0.25) is 0 Å². The molecule has 1 saturated heterocycles. The number of nitrogens with one attached hydrogen (secondary N) is 1. The minimum absolute atomic E-state index is 0.662. The summed E-state index contributed by atoms with van der Waals surface area (Å²) in [5.74, 6) is 1.71. The van der Waals surface area contributed by atoms with Gasteiger partial charge in [-0.1, -0.05) is 50.1 Å². The maximum absolute atomic E-state index is 3.83. The van der Waals surface area contributed by atoms with Gasteiger partial charge >= 0.3 is 0 Å². The Morgan fingerprint density at radius 1 is 1.33 bits per heavy atom. The molecule has 0 bridgehead atoms. The van der Waals surface area contributed by atoms with Crippen LogP contribution in [0, 0.1) is 18.8 Å². The molecule has 0 aromatic heterocycles. The smallest absolute Gasteiger partial charge is 0.0253 e. The summed E-state index contributed by atoms with van der Waals surface area (Å²) in [6.45, 7) is 10.4. The number of rotatable bonds is 5. The summed E-state index contributed by atoms with van der Waals surface area (Å²) in [5.41, 5.74) is 2.86. The third kappa shape index (κ3) is 3.67. The molecule has 3 unspecified atom stereocenters. The Hall–Kier alpha value is -0.860. The van der Waals surface area contributed by atoms with Crippen molar-refractivity contribution in [3.8, 4) is 0 Å². The number of aryl methyl sites for hydroxylation is 1. The van der Waals surface area contributed by atoms with Crippen molar-refractivity contribution in [2.75, 3.05) is 13.1 Å². The molecule has 21 heavy (non-hydrogen) atoms. The second-order valence-corrected chi connectivity index (χ2v) is 7.22.